The standard InChI is InChI=1S/C63H44N10O12S4/c1-3-72-55(76)53(88-57(72)42(28-64)29-65)70-61-68-51(82-36-48(75)81-33-38-19-11-6-12-20-38)49(86-61)44-27-46-45(25-41(44)26-47(74)80-32-37-17-9-5-10-18-37)50-52(69-62(87-50)71-54-56(77)73(4-2)58(89-54)43(30-66)31-67)85-63(46,59(78)83-34-39-21-13-7-14-22-39)60(79)84-35-40-23-15-8-16-24-40/h5-25,27H,3-4,26,32-36H2,1-2H3. The Hall–Kier alpha value is -10.7. The lowest BCUT2D eigenvalue weighted by Crippen LogP contribution is -2.52. The van der Waals surface area contributed by atoms with E-state index in [4.69, 9.17) is 28.4 Å². The van der Waals surface area contributed by atoms with E-state index in [1.165, 1.54) is 21.9 Å². The summed E-state index contributed by atoms with van der Waals surface area (Å²) in [6.45, 7) is 1.66. The number of esters is 4. The molecule has 5 heterocycles. The summed E-state index contributed by atoms with van der Waals surface area (Å²) >= 11 is 3.20. The molecule has 0 aliphatic carbocycles. The number of thiazole rings is 2. The number of carbonyl (C=O) groups excluding carboxylic acids is 6. The van der Waals surface area contributed by atoms with Crippen molar-refractivity contribution in [3.8, 4) is 56.9 Å². The van der Waals surface area contributed by atoms with E-state index in [2.05, 4.69) is 20.0 Å². The van der Waals surface area contributed by atoms with Crippen LogP contribution in [0.15, 0.2) is 165 Å². The lowest BCUT2D eigenvalue weighted by atomic mass is 9.83. The Kier molecular flexibility index (Phi) is 19.1. The second-order valence-corrected chi connectivity index (χ2v) is 22.8. The van der Waals surface area contributed by atoms with Gasteiger partial charge in [0, 0.05) is 29.8 Å². The van der Waals surface area contributed by atoms with E-state index in [1.807, 2.05) is 24.3 Å². The van der Waals surface area contributed by atoms with Crippen LogP contribution in [0.3, 0.4) is 0 Å². The molecule has 2 aromatic heterocycles. The predicted octanol–water partition coefficient (Wildman–Crippen LogP) is 10.2. The maximum absolute atomic E-state index is 15.5. The highest BCUT2D eigenvalue weighted by Crippen LogP contribution is 2.54. The molecule has 442 valence electrons. The average Bonchev–Trinajstić information content (AvgIpc) is 1.70. The van der Waals surface area contributed by atoms with E-state index in [1.54, 1.807) is 135 Å². The molecular formula is C63H44N10O12S4. The molecule has 0 bridgehead atoms. The fourth-order valence-corrected chi connectivity index (χ4v) is 13.1. The van der Waals surface area contributed by atoms with Crippen molar-refractivity contribution in [2.75, 3.05) is 19.7 Å². The van der Waals surface area contributed by atoms with Crippen LogP contribution in [0.1, 0.15) is 47.2 Å². The van der Waals surface area contributed by atoms with Gasteiger partial charge in [-0.1, -0.05) is 144 Å². The summed E-state index contributed by atoms with van der Waals surface area (Å²) in [5.41, 5.74) is -1.21. The highest BCUT2D eigenvalue weighted by molar-refractivity contribution is 8.20. The number of rotatable bonds is 20. The van der Waals surface area contributed by atoms with Crippen LogP contribution in [-0.2, 0) is 86.2 Å². The fraction of sp³-hybridized carbons (Fsp3) is 0.175. The normalized spacial score (nSPS) is 14.5. The molecule has 2 amide bonds. The van der Waals surface area contributed by atoms with Gasteiger partial charge in [0.15, 0.2) is 27.8 Å². The van der Waals surface area contributed by atoms with E-state index in [0.717, 1.165) is 46.2 Å². The number of amides is 2. The number of hydrogen-bond donors (Lipinski definition) is 0. The van der Waals surface area contributed by atoms with E-state index in [-0.39, 0.29) is 125 Å². The minimum Gasteiger partial charge on any atom is -0.465 e. The molecule has 0 radical (unpaired) electrons. The molecule has 3 aliphatic heterocycles. The van der Waals surface area contributed by atoms with Crippen molar-refractivity contribution in [1.29, 1.82) is 21.0 Å². The van der Waals surface area contributed by atoms with E-state index in [0.29, 0.717) is 22.3 Å². The molecule has 22 nitrogen and oxygen atoms in total. The Labute approximate surface area is 524 Å². The van der Waals surface area contributed by atoms with Crippen LogP contribution in [0.25, 0.3) is 20.9 Å². The van der Waals surface area contributed by atoms with Crippen molar-refractivity contribution in [2.24, 2.45) is 9.98 Å². The third-order valence-electron chi connectivity index (χ3n) is 13.3. The maximum Gasteiger partial charge on any atom is 0.367 e. The van der Waals surface area contributed by atoms with Gasteiger partial charge in [0.1, 0.15) is 70.5 Å². The lowest BCUT2D eigenvalue weighted by Gasteiger charge is -2.35. The average molecular weight is 1260 g/mol. The summed E-state index contributed by atoms with van der Waals surface area (Å²) in [5, 5.41) is 38.6. The molecule has 2 saturated heterocycles. The summed E-state index contributed by atoms with van der Waals surface area (Å²) in [6, 6.07) is 45.1. The van der Waals surface area contributed by atoms with E-state index in [9.17, 15) is 40.2 Å². The minimum absolute atomic E-state index is 0.0174. The summed E-state index contributed by atoms with van der Waals surface area (Å²) in [6.07, 6.45) is -0.532. The second-order valence-electron chi connectivity index (χ2n) is 18.9. The van der Waals surface area contributed by atoms with Gasteiger partial charge in [-0.05, 0) is 77.3 Å². The number of ether oxygens (including phenoxy) is 6. The molecule has 0 spiro atoms. The molecule has 3 aliphatic rings. The van der Waals surface area contributed by atoms with Gasteiger partial charge in [-0.3, -0.25) is 24.2 Å². The smallest absolute Gasteiger partial charge is 0.367 e. The Morgan fingerprint density at radius 2 is 0.989 bits per heavy atom. The Bertz CT molecular complexity index is 4190. The Balaban J connectivity index is 1.19. The van der Waals surface area contributed by atoms with Crippen molar-refractivity contribution in [1.82, 2.24) is 19.8 Å². The van der Waals surface area contributed by atoms with Gasteiger partial charge in [-0.2, -0.15) is 31.0 Å². The van der Waals surface area contributed by atoms with Gasteiger partial charge >= 0.3 is 29.5 Å². The molecule has 10 rings (SSSR count). The molecule has 5 aromatic carbocycles. The van der Waals surface area contributed by atoms with Crippen LogP contribution in [0.5, 0.6) is 11.8 Å². The second kappa shape index (κ2) is 27.7. The first kappa shape index (κ1) is 61.4. The minimum atomic E-state index is -2.93. The van der Waals surface area contributed by atoms with Gasteiger partial charge in [-0.25, -0.2) is 24.4 Å². The number of benzene rings is 5. The molecule has 0 N–H and O–H groups in total. The fourth-order valence-electron chi connectivity index (χ4n) is 9.06. The monoisotopic (exact) mass is 1260 g/mol. The SMILES string of the molecule is CCN1C(=O)C(=Nc2nc(OCC(=O)OCc3ccccc3)c(-c3cc4c(cc3CC(=O)OCc3ccccc3)-c3sc(N=C5SC(=C(C#N)C#N)N(CC)C5=O)nc3OC4(C(=O)OCc3ccccc3)C(=O)OCc3ccccc3)s2)SC1=C(C#N)C#N. The number of fused-ring (bicyclic) bond motifs is 3. The van der Waals surface area contributed by atoms with Crippen molar-refractivity contribution < 1.29 is 57.2 Å². The highest BCUT2D eigenvalue weighted by atomic mass is 32.2. The summed E-state index contributed by atoms with van der Waals surface area (Å²) < 4.78 is 36.4. The molecule has 26 heteroatoms. The number of nitriles is 4. The third-order valence-corrected chi connectivity index (χ3v) is 17.4. The quantitative estimate of drug-likeness (QED) is 0.0296. The number of aliphatic imine (C=N–C) groups is 2. The number of aromatic nitrogens is 2. The zero-order chi connectivity index (χ0) is 62.6. The number of carbonyl (C=O) groups is 6. The van der Waals surface area contributed by atoms with Crippen LogP contribution < -0.4 is 9.47 Å². The van der Waals surface area contributed by atoms with Gasteiger partial charge in [0.2, 0.25) is 22.0 Å². The van der Waals surface area contributed by atoms with Crippen molar-refractivity contribution in [2.45, 2.75) is 52.3 Å². The molecule has 0 unspecified atom stereocenters. The molecule has 2 fully saturated rings. The molecule has 0 saturated carbocycles. The first-order valence-electron chi connectivity index (χ1n) is 26.9. The number of nitrogens with zero attached hydrogens (tertiary/aromatic N) is 10. The van der Waals surface area contributed by atoms with Crippen molar-refractivity contribution >= 4 is 102 Å². The zero-order valence-corrected chi connectivity index (χ0v) is 50.1. The van der Waals surface area contributed by atoms with E-state index >= 15 is 9.59 Å². The zero-order valence-electron chi connectivity index (χ0n) is 46.9. The van der Waals surface area contributed by atoms with Gasteiger partial charge in [0.05, 0.1) is 6.42 Å². The van der Waals surface area contributed by atoms with Crippen LogP contribution >= 0.6 is 46.2 Å². The topological polar surface area (TPSA) is 310 Å². The molecular weight excluding hydrogens is 1220 g/mol. The molecule has 89 heavy (non-hydrogen) atoms. The number of thioether (sulfide) groups is 2. The molecule has 7 aromatic rings. The first-order chi connectivity index (χ1) is 43.3. The first-order valence-corrected chi connectivity index (χ1v) is 30.1. The van der Waals surface area contributed by atoms with Crippen LogP contribution in [-0.4, -0.2) is 85.2 Å². The predicted molar refractivity (Wildman–Crippen MR) is 326 cm³/mol. The van der Waals surface area contributed by atoms with Crippen LogP contribution in [0, 0.1) is 45.3 Å². The lowest BCUT2D eigenvalue weighted by molar-refractivity contribution is -0.184. The number of allylic oxidation sites excluding steroid dienone is 2. The largest absolute Gasteiger partial charge is 0.465 e. The van der Waals surface area contributed by atoms with Gasteiger partial charge in [-0.15, -0.1) is 0 Å². The maximum atomic E-state index is 15.5. The summed E-state index contributed by atoms with van der Waals surface area (Å²) in [4.78, 5) is 108. The Morgan fingerprint density at radius 1 is 0.562 bits per heavy atom. The van der Waals surface area contributed by atoms with E-state index < -0.39 is 54.3 Å². The summed E-state index contributed by atoms with van der Waals surface area (Å²) in [5.74, 6) is -6.13. The van der Waals surface area contributed by atoms with Crippen molar-refractivity contribution in [3.63, 3.8) is 0 Å². The van der Waals surface area contributed by atoms with Crippen LogP contribution in [0.2, 0.25) is 0 Å². The van der Waals surface area contributed by atoms with Crippen LogP contribution in [0.4, 0.5) is 10.3 Å². The van der Waals surface area contributed by atoms with Crippen molar-refractivity contribution in [3.05, 3.63) is 188 Å². The third kappa shape index (κ3) is 13.3. The highest BCUT2D eigenvalue weighted by Gasteiger charge is 2.59. The molecule has 0 atom stereocenters. The number of hydrogen-bond acceptors (Lipinski definition) is 24. The van der Waals surface area contributed by atoms with Gasteiger partial charge in [0.25, 0.3) is 11.8 Å². The summed E-state index contributed by atoms with van der Waals surface area (Å²) in [7, 11) is 0. The van der Waals surface area contributed by atoms with Gasteiger partial charge < -0.3 is 28.4 Å². The Morgan fingerprint density at radius 3 is 1.44 bits per heavy atom.